The maximum absolute atomic E-state index is 6.62. The number of furan rings is 1. The largest absolute Gasteiger partial charge is 0.456 e. The van der Waals surface area contributed by atoms with Crippen molar-refractivity contribution >= 4 is 85.1 Å². The predicted octanol–water partition coefficient (Wildman–Crippen LogP) is 13.6. The van der Waals surface area contributed by atoms with Crippen molar-refractivity contribution < 1.29 is 4.42 Å². The van der Waals surface area contributed by atoms with Crippen molar-refractivity contribution in [3.8, 4) is 56.8 Å². The molecule has 12 aromatic rings. The topological polar surface area (TPSA) is 77.6 Å². The van der Waals surface area contributed by atoms with Gasteiger partial charge in [-0.15, -0.1) is 22.7 Å². The number of nitrogens with zero attached hydrogens (tertiary/aromatic N) is 5. The first-order valence-corrected chi connectivity index (χ1v) is 20.3. The molecule has 0 fully saturated rings. The SMILES string of the molecule is c1ccc(-c2nc(-c3ccc4c(c3)sc3ccccc34)nc(-c3cccc4oc5cccc(-c6nc(-c7ccccc7)c7sc8ccccc8c7n6)c5c34)n2)cc1. The number of hydrogen-bond acceptors (Lipinski definition) is 8. The number of aromatic nitrogens is 5. The fraction of sp³-hybridized carbons (Fsp3) is 0. The van der Waals surface area contributed by atoms with E-state index < -0.39 is 0 Å². The van der Waals surface area contributed by atoms with E-state index in [2.05, 4.69) is 103 Å². The molecule has 0 saturated heterocycles. The smallest absolute Gasteiger partial charge is 0.164 e. The Morgan fingerprint density at radius 1 is 0.368 bits per heavy atom. The Morgan fingerprint density at radius 3 is 1.65 bits per heavy atom. The van der Waals surface area contributed by atoms with Gasteiger partial charge >= 0.3 is 0 Å². The van der Waals surface area contributed by atoms with Crippen LogP contribution in [0.4, 0.5) is 0 Å². The van der Waals surface area contributed by atoms with Gasteiger partial charge in [0.05, 0.1) is 15.9 Å². The summed E-state index contributed by atoms with van der Waals surface area (Å²) in [5.41, 5.74) is 7.92. The minimum Gasteiger partial charge on any atom is -0.456 e. The first-order valence-electron chi connectivity index (χ1n) is 18.7. The van der Waals surface area contributed by atoms with Crippen LogP contribution in [0.2, 0.25) is 0 Å². The number of fused-ring (bicyclic) bond motifs is 9. The van der Waals surface area contributed by atoms with Gasteiger partial charge in [0.25, 0.3) is 0 Å². The highest BCUT2D eigenvalue weighted by Gasteiger charge is 2.23. The molecular weight excluding hydrogens is 739 g/mol. The standard InChI is InChI=1S/C49H27N5OS2/c1-3-13-28(14-4-1)43-45-44(33-18-8-10-24-39(33)57-45)51-48(50-43)34-19-11-21-36-41(34)42-35(20-12-22-37(42)55-36)49-53-46(29-15-5-2-6-16-29)52-47(54-49)30-25-26-32-31-17-7-9-23-38(31)56-40(32)27-30/h1-27H. The minimum atomic E-state index is 0.559. The number of thiophene rings is 2. The summed E-state index contributed by atoms with van der Waals surface area (Å²) in [6, 6.07) is 56.1. The summed E-state index contributed by atoms with van der Waals surface area (Å²) < 4.78 is 11.3. The average molecular weight is 766 g/mol. The minimum absolute atomic E-state index is 0.559. The highest BCUT2D eigenvalue weighted by atomic mass is 32.1. The van der Waals surface area contributed by atoms with Gasteiger partial charge in [-0.2, -0.15) is 0 Å². The summed E-state index contributed by atoms with van der Waals surface area (Å²) in [4.78, 5) is 26.1. The van der Waals surface area contributed by atoms with E-state index in [1.807, 2.05) is 60.7 Å². The van der Waals surface area contributed by atoms with Crippen molar-refractivity contribution in [1.82, 2.24) is 24.9 Å². The molecule has 0 aliphatic heterocycles. The zero-order valence-electron chi connectivity index (χ0n) is 30.0. The van der Waals surface area contributed by atoms with E-state index in [0.717, 1.165) is 71.1 Å². The van der Waals surface area contributed by atoms with E-state index in [1.54, 1.807) is 22.7 Å². The second-order valence-electron chi connectivity index (χ2n) is 14.0. The first kappa shape index (κ1) is 32.1. The van der Waals surface area contributed by atoms with Crippen LogP contribution in [0.25, 0.3) is 119 Å². The number of rotatable bonds is 5. The van der Waals surface area contributed by atoms with Crippen LogP contribution in [-0.2, 0) is 0 Å². The van der Waals surface area contributed by atoms with E-state index in [9.17, 15) is 0 Å². The van der Waals surface area contributed by atoms with Crippen LogP contribution in [0.3, 0.4) is 0 Å². The van der Waals surface area contributed by atoms with Crippen LogP contribution in [-0.4, -0.2) is 24.9 Å². The maximum atomic E-state index is 6.62. The van der Waals surface area contributed by atoms with Crippen molar-refractivity contribution in [2.75, 3.05) is 0 Å². The molecule has 12 rings (SSSR count). The summed E-state index contributed by atoms with van der Waals surface area (Å²) >= 11 is 3.51. The maximum Gasteiger partial charge on any atom is 0.164 e. The van der Waals surface area contributed by atoms with Gasteiger partial charge in [0, 0.05) is 68.8 Å². The van der Waals surface area contributed by atoms with E-state index >= 15 is 0 Å². The molecule has 0 N–H and O–H groups in total. The van der Waals surface area contributed by atoms with E-state index in [0.29, 0.717) is 23.3 Å². The Hall–Kier alpha value is -7.13. The van der Waals surface area contributed by atoms with Gasteiger partial charge in [0.1, 0.15) is 11.2 Å². The average Bonchev–Trinajstić information content (AvgIpc) is 3.97. The quantitative estimate of drug-likeness (QED) is 0.174. The molecule has 5 aromatic heterocycles. The summed E-state index contributed by atoms with van der Waals surface area (Å²) in [5, 5.41) is 5.41. The van der Waals surface area contributed by atoms with Crippen LogP contribution < -0.4 is 0 Å². The third-order valence-corrected chi connectivity index (χ3v) is 12.9. The van der Waals surface area contributed by atoms with Crippen LogP contribution in [0, 0.1) is 0 Å². The predicted molar refractivity (Wildman–Crippen MR) is 236 cm³/mol. The Labute approximate surface area is 333 Å². The molecule has 0 aliphatic carbocycles. The molecule has 0 unspecified atom stereocenters. The van der Waals surface area contributed by atoms with Crippen molar-refractivity contribution in [2.24, 2.45) is 0 Å². The number of benzene rings is 7. The van der Waals surface area contributed by atoms with E-state index in [1.165, 1.54) is 24.9 Å². The lowest BCUT2D eigenvalue weighted by Gasteiger charge is -2.10. The fourth-order valence-corrected chi connectivity index (χ4v) is 10.2. The molecule has 0 bridgehead atoms. The van der Waals surface area contributed by atoms with E-state index in [-0.39, 0.29) is 0 Å². The Kier molecular flexibility index (Phi) is 7.17. The summed E-state index contributed by atoms with van der Waals surface area (Å²) in [5.74, 6) is 2.39. The zero-order chi connectivity index (χ0) is 37.5. The molecule has 0 amide bonds. The molecule has 0 spiro atoms. The third-order valence-electron chi connectivity index (χ3n) is 10.6. The van der Waals surface area contributed by atoms with Crippen molar-refractivity contribution in [2.45, 2.75) is 0 Å². The molecular formula is C49H27N5OS2. The van der Waals surface area contributed by atoms with E-state index in [4.69, 9.17) is 29.3 Å². The second-order valence-corrected chi connectivity index (χ2v) is 16.1. The lowest BCUT2D eigenvalue weighted by Crippen LogP contribution is -2.00. The molecule has 7 aromatic carbocycles. The van der Waals surface area contributed by atoms with Gasteiger partial charge in [0.15, 0.2) is 23.3 Å². The molecule has 0 radical (unpaired) electrons. The summed E-state index contributed by atoms with van der Waals surface area (Å²) in [6.07, 6.45) is 0. The van der Waals surface area contributed by atoms with Gasteiger partial charge in [-0.25, -0.2) is 24.9 Å². The van der Waals surface area contributed by atoms with Gasteiger partial charge in [-0.1, -0.05) is 133 Å². The first-order chi connectivity index (χ1) is 28.2. The monoisotopic (exact) mass is 765 g/mol. The molecule has 0 aliphatic rings. The molecule has 8 heteroatoms. The highest BCUT2D eigenvalue weighted by molar-refractivity contribution is 7.26. The second kappa shape index (κ2) is 12.7. The lowest BCUT2D eigenvalue weighted by molar-refractivity contribution is 0.669. The molecule has 0 saturated carbocycles. The van der Waals surface area contributed by atoms with Gasteiger partial charge < -0.3 is 4.42 Å². The van der Waals surface area contributed by atoms with Crippen LogP contribution in [0.5, 0.6) is 0 Å². The van der Waals surface area contributed by atoms with Crippen LogP contribution in [0.15, 0.2) is 168 Å². The third kappa shape index (κ3) is 5.19. The van der Waals surface area contributed by atoms with Crippen molar-refractivity contribution in [3.05, 3.63) is 164 Å². The molecule has 266 valence electrons. The molecule has 5 heterocycles. The molecule has 6 nitrogen and oxygen atoms in total. The summed E-state index contributed by atoms with van der Waals surface area (Å²) in [6.45, 7) is 0. The van der Waals surface area contributed by atoms with Crippen molar-refractivity contribution in [1.29, 1.82) is 0 Å². The van der Waals surface area contributed by atoms with Gasteiger partial charge in [0.2, 0.25) is 0 Å². The van der Waals surface area contributed by atoms with Gasteiger partial charge in [-0.05, 0) is 30.3 Å². The highest BCUT2D eigenvalue weighted by Crippen LogP contribution is 2.44. The number of hydrogen-bond donors (Lipinski definition) is 0. The Morgan fingerprint density at radius 2 is 0.930 bits per heavy atom. The normalized spacial score (nSPS) is 11.9. The van der Waals surface area contributed by atoms with Gasteiger partial charge in [-0.3, -0.25) is 0 Å². The van der Waals surface area contributed by atoms with Crippen LogP contribution in [0.1, 0.15) is 0 Å². The Bertz CT molecular complexity index is 3540. The lowest BCUT2D eigenvalue weighted by atomic mass is 10.0. The Balaban J connectivity index is 1.11. The van der Waals surface area contributed by atoms with Crippen LogP contribution >= 0.6 is 22.7 Å². The van der Waals surface area contributed by atoms with Crippen molar-refractivity contribution in [3.63, 3.8) is 0 Å². The molecule has 57 heavy (non-hydrogen) atoms. The zero-order valence-corrected chi connectivity index (χ0v) is 31.7. The summed E-state index contributed by atoms with van der Waals surface area (Å²) in [7, 11) is 0. The molecule has 0 atom stereocenters. The fourth-order valence-electron chi connectivity index (χ4n) is 7.95.